The van der Waals surface area contributed by atoms with Crippen molar-refractivity contribution in [2.75, 3.05) is 17.7 Å². The fourth-order valence-corrected chi connectivity index (χ4v) is 1.61. The van der Waals surface area contributed by atoms with Crippen molar-refractivity contribution in [2.24, 2.45) is 0 Å². The zero-order valence-corrected chi connectivity index (χ0v) is 10.9. The van der Waals surface area contributed by atoms with E-state index in [2.05, 4.69) is 5.32 Å². The number of anilines is 2. The summed E-state index contributed by atoms with van der Waals surface area (Å²) in [7, 11) is 0. The summed E-state index contributed by atoms with van der Waals surface area (Å²) in [5, 5.41) is 3.32. The topological polar surface area (TPSA) is 64.3 Å². The van der Waals surface area contributed by atoms with Crippen molar-refractivity contribution in [3.8, 4) is 5.75 Å². The van der Waals surface area contributed by atoms with Gasteiger partial charge in [-0.1, -0.05) is 17.7 Å². The molecule has 98 valence electrons. The van der Waals surface area contributed by atoms with Gasteiger partial charge in [0.15, 0.2) is 6.61 Å². The molecule has 0 spiro atoms. The van der Waals surface area contributed by atoms with Crippen molar-refractivity contribution in [2.45, 2.75) is 0 Å². The fourth-order valence-electron chi connectivity index (χ4n) is 1.48. The van der Waals surface area contributed by atoms with Gasteiger partial charge in [0.2, 0.25) is 0 Å². The summed E-state index contributed by atoms with van der Waals surface area (Å²) in [4.78, 5) is 11.7. The van der Waals surface area contributed by atoms with Crippen molar-refractivity contribution in [3.63, 3.8) is 0 Å². The van der Waals surface area contributed by atoms with Gasteiger partial charge in [-0.3, -0.25) is 4.79 Å². The molecule has 0 aliphatic carbocycles. The highest BCUT2D eigenvalue weighted by Gasteiger charge is 2.03. The lowest BCUT2D eigenvalue weighted by Crippen LogP contribution is -2.20. The zero-order valence-electron chi connectivity index (χ0n) is 10.1. The van der Waals surface area contributed by atoms with Crippen LogP contribution in [-0.4, -0.2) is 12.5 Å². The number of hydrogen-bond acceptors (Lipinski definition) is 3. The number of benzene rings is 2. The van der Waals surface area contributed by atoms with Gasteiger partial charge in [0.05, 0.1) is 0 Å². The second-order valence-corrected chi connectivity index (χ2v) is 4.35. The van der Waals surface area contributed by atoms with Crippen molar-refractivity contribution >= 4 is 28.9 Å². The Hall–Kier alpha value is -2.20. The molecule has 1 amide bonds. The molecule has 3 N–H and O–H groups in total. The van der Waals surface area contributed by atoms with Gasteiger partial charge in [0.1, 0.15) is 5.75 Å². The van der Waals surface area contributed by atoms with Crippen molar-refractivity contribution in [1.82, 2.24) is 0 Å². The number of carbonyl (C=O) groups excluding carboxylic acids is 1. The van der Waals surface area contributed by atoms with Gasteiger partial charge < -0.3 is 15.8 Å². The largest absolute Gasteiger partial charge is 0.484 e. The summed E-state index contributed by atoms with van der Waals surface area (Å²) in [5.41, 5.74) is 6.87. The third-order valence-corrected chi connectivity index (χ3v) is 2.61. The molecule has 2 aromatic rings. The lowest BCUT2D eigenvalue weighted by atomic mass is 10.3. The number of ether oxygens (including phenoxy) is 1. The minimum absolute atomic E-state index is 0.0773. The molecule has 2 rings (SSSR count). The second kappa shape index (κ2) is 6.11. The number of nitrogens with two attached hydrogens (primary N) is 1. The standard InChI is InChI=1S/C14H13ClN2O2/c15-10-4-6-12(7-5-10)17-14(18)9-19-13-3-1-2-11(16)8-13/h1-8H,9,16H2,(H,17,18). The van der Waals surface area contributed by atoms with E-state index in [1.807, 2.05) is 0 Å². The van der Waals surface area contributed by atoms with E-state index in [1.165, 1.54) is 0 Å². The van der Waals surface area contributed by atoms with Crippen LogP contribution in [0.25, 0.3) is 0 Å². The number of halogens is 1. The van der Waals surface area contributed by atoms with Crippen LogP contribution >= 0.6 is 11.6 Å². The number of nitrogen functional groups attached to an aromatic ring is 1. The molecule has 0 aromatic heterocycles. The molecular weight excluding hydrogens is 264 g/mol. The Bertz CT molecular complexity index is 570. The third kappa shape index (κ3) is 4.19. The quantitative estimate of drug-likeness (QED) is 0.844. The molecule has 0 saturated carbocycles. The number of carbonyl (C=O) groups is 1. The van der Waals surface area contributed by atoms with Gasteiger partial charge in [-0.25, -0.2) is 0 Å². The van der Waals surface area contributed by atoms with Crippen LogP contribution < -0.4 is 15.8 Å². The first-order chi connectivity index (χ1) is 9.13. The van der Waals surface area contributed by atoms with Crippen molar-refractivity contribution < 1.29 is 9.53 Å². The molecule has 0 radical (unpaired) electrons. The maximum absolute atomic E-state index is 11.7. The predicted molar refractivity (Wildman–Crippen MR) is 76.4 cm³/mol. The van der Waals surface area contributed by atoms with Gasteiger partial charge >= 0.3 is 0 Å². The molecule has 0 fully saturated rings. The summed E-state index contributed by atoms with van der Waals surface area (Å²) in [6.07, 6.45) is 0. The maximum Gasteiger partial charge on any atom is 0.262 e. The average molecular weight is 277 g/mol. The third-order valence-electron chi connectivity index (χ3n) is 2.36. The summed E-state index contributed by atoms with van der Waals surface area (Å²) >= 11 is 5.75. The first-order valence-corrected chi connectivity index (χ1v) is 6.05. The summed E-state index contributed by atoms with van der Waals surface area (Å²) < 4.78 is 5.33. The molecule has 0 aliphatic rings. The molecular formula is C14H13ClN2O2. The highest BCUT2D eigenvalue weighted by atomic mass is 35.5. The first-order valence-electron chi connectivity index (χ1n) is 5.67. The number of nitrogens with one attached hydrogen (secondary N) is 1. The lowest BCUT2D eigenvalue weighted by molar-refractivity contribution is -0.118. The van der Waals surface area contributed by atoms with Gasteiger partial charge in [-0.15, -0.1) is 0 Å². The fraction of sp³-hybridized carbons (Fsp3) is 0.0714. The Morgan fingerprint density at radius 2 is 1.95 bits per heavy atom. The smallest absolute Gasteiger partial charge is 0.262 e. The van der Waals surface area contributed by atoms with Crippen LogP contribution in [0.2, 0.25) is 5.02 Å². The Morgan fingerprint density at radius 1 is 1.21 bits per heavy atom. The zero-order chi connectivity index (χ0) is 13.7. The van der Waals surface area contributed by atoms with Gasteiger partial charge in [0.25, 0.3) is 5.91 Å². The van der Waals surface area contributed by atoms with E-state index in [0.29, 0.717) is 22.1 Å². The van der Waals surface area contributed by atoms with Crippen molar-refractivity contribution in [3.05, 3.63) is 53.6 Å². The summed E-state index contributed by atoms with van der Waals surface area (Å²) in [6.45, 7) is -0.0773. The first kappa shape index (κ1) is 13.2. The van der Waals surface area contributed by atoms with Gasteiger partial charge in [0, 0.05) is 22.5 Å². The van der Waals surface area contributed by atoms with E-state index < -0.39 is 0 Å². The summed E-state index contributed by atoms with van der Waals surface area (Å²) in [5.74, 6) is 0.316. The van der Waals surface area contributed by atoms with Crippen LogP contribution in [0.5, 0.6) is 5.75 Å². The Balaban J connectivity index is 1.86. The molecule has 2 aromatic carbocycles. The van der Waals surface area contributed by atoms with E-state index in [4.69, 9.17) is 22.1 Å². The van der Waals surface area contributed by atoms with E-state index >= 15 is 0 Å². The molecule has 5 heteroatoms. The molecule has 0 unspecified atom stereocenters. The Kier molecular flexibility index (Phi) is 4.26. The van der Waals surface area contributed by atoms with Crippen LogP contribution in [0.3, 0.4) is 0 Å². The number of rotatable bonds is 4. The molecule has 0 heterocycles. The molecule has 19 heavy (non-hydrogen) atoms. The Morgan fingerprint density at radius 3 is 2.63 bits per heavy atom. The maximum atomic E-state index is 11.7. The predicted octanol–water partition coefficient (Wildman–Crippen LogP) is 2.94. The molecule has 0 bridgehead atoms. The van der Waals surface area contributed by atoms with Crippen LogP contribution in [0, 0.1) is 0 Å². The van der Waals surface area contributed by atoms with E-state index in [1.54, 1.807) is 48.5 Å². The van der Waals surface area contributed by atoms with E-state index in [0.717, 1.165) is 0 Å². The van der Waals surface area contributed by atoms with Gasteiger partial charge in [-0.2, -0.15) is 0 Å². The van der Waals surface area contributed by atoms with Crippen LogP contribution in [-0.2, 0) is 4.79 Å². The minimum atomic E-state index is -0.246. The highest BCUT2D eigenvalue weighted by Crippen LogP contribution is 2.15. The number of amides is 1. The van der Waals surface area contributed by atoms with Crippen LogP contribution in [0.4, 0.5) is 11.4 Å². The molecule has 0 saturated heterocycles. The molecule has 4 nitrogen and oxygen atoms in total. The normalized spacial score (nSPS) is 9.95. The minimum Gasteiger partial charge on any atom is -0.484 e. The highest BCUT2D eigenvalue weighted by molar-refractivity contribution is 6.30. The summed E-state index contributed by atoms with van der Waals surface area (Å²) in [6, 6.07) is 13.8. The Labute approximate surface area is 116 Å². The molecule has 0 aliphatic heterocycles. The lowest BCUT2D eigenvalue weighted by Gasteiger charge is -2.08. The van der Waals surface area contributed by atoms with Crippen LogP contribution in [0.1, 0.15) is 0 Å². The average Bonchev–Trinajstić information content (AvgIpc) is 2.39. The molecule has 0 atom stereocenters. The van der Waals surface area contributed by atoms with Gasteiger partial charge in [-0.05, 0) is 36.4 Å². The monoisotopic (exact) mass is 276 g/mol. The van der Waals surface area contributed by atoms with E-state index in [-0.39, 0.29) is 12.5 Å². The SMILES string of the molecule is Nc1cccc(OCC(=O)Nc2ccc(Cl)cc2)c1. The number of hydrogen-bond donors (Lipinski definition) is 2. The second-order valence-electron chi connectivity index (χ2n) is 3.92. The van der Waals surface area contributed by atoms with Crippen molar-refractivity contribution in [1.29, 1.82) is 0 Å². The van der Waals surface area contributed by atoms with E-state index in [9.17, 15) is 4.79 Å². The van der Waals surface area contributed by atoms with Crippen LogP contribution in [0.15, 0.2) is 48.5 Å².